The second kappa shape index (κ2) is 11.3. The van der Waals surface area contributed by atoms with E-state index in [2.05, 4.69) is 151 Å². The van der Waals surface area contributed by atoms with Gasteiger partial charge in [0.1, 0.15) is 17.6 Å². The molecule has 3 aliphatic rings. The summed E-state index contributed by atoms with van der Waals surface area (Å²) in [5.74, 6) is 1.51. The Morgan fingerprint density at radius 1 is 0.698 bits per heavy atom. The van der Waals surface area contributed by atoms with Crippen LogP contribution in [0.4, 0.5) is 0 Å². The van der Waals surface area contributed by atoms with Crippen molar-refractivity contribution in [3.63, 3.8) is 0 Å². The number of hydrogen-bond acceptors (Lipinski definition) is 4. The molecule has 1 unspecified atom stereocenters. The van der Waals surface area contributed by atoms with Gasteiger partial charge in [0.2, 0.25) is 0 Å². The van der Waals surface area contributed by atoms with E-state index in [9.17, 15) is 0 Å². The molecule has 1 atom stereocenters. The van der Waals surface area contributed by atoms with Crippen molar-refractivity contribution in [1.82, 2.24) is 9.88 Å². The topological polar surface area (TPSA) is 54.8 Å². The first-order valence-electron chi connectivity index (χ1n) is 18.5. The molecule has 254 valence electrons. The maximum Gasteiger partial charge on any atom is 0.159 e. The Morgan fingerprint density at radius 2 is 1.49 bits per heavy atom. The Bertz CT molecular complexity index is 2950. The number of allylic oxidation sites excluding steroid dienone is 2. The van der Waals surface area contributed by atoms with Crippen molar-refractivity contribution in [2.24, 2.45) is 9.98 Å². The predicted octanol–water partition coefficient (Wildman–Crippen LogP) is 11.4. The SMILES string of the molecule is CC1(C)c2ccccc2-c2c1ccc1c2c2ccccc2n1-c1cccc2c1oc1cccc(C3=NC(c4ccccc4)=NC(C4=CCCC=C4)N3)c12. The quantitative estimate of drug-likeness (QED) is 0.201. The first-order chi connectivity index (χ1) is 26.1. The number of benzene rings is 6. The smallest absolute Gasteiger partial charge is 0.159 e. The summed E-state index contributed by atoms with van der Waals surface area (Å²) >= 11 is 0. The van der Waals surface area contributed by atoms with Gasteiger partial charge in [0.15, 0.2) is 11.4 Å². The Labute approximate surface area is 307 Å². The van der Waals surface area contributed by atoms with Crippen LogP contribution in [0.15, 0.2) is 166 Å². The summed E-state index contributed by atoms with van der Waals surface area (Å²) < 4.78 is 9.32. The van der Waals surface area contributed by atoms with E-state index in [0.29, 0.717) is 0 Å². The minimum atomic E-state index is -0.243. The average molecular weight is 685 g/mol. The number of aliphatic imine (C=N–C) groups is 2. The average Bonchev–Trinajstić information content (AvgIpc) is 3.84. The number of aromatic nitrogens is 1. The summed E-state index contributed by atoms with van der Waals surface area (Å²) in [5.41, 5.74) is 13.5. The van der Waals surface area contributed by atoms with Gasteiger partial charge < -0.3 is 14.3 Å². The molecule has 1 N–H and O–H groups in total. The molecular weight excluding hydrogens is 649 g/mol. The lowest BCUT2D eigenvalue weighted by Crippen LogP contribution is -2.40. The minimum absolute atomic E-state index is 0.0811. The highest BCUT2D eigenvalue weighted by atomic mass is 16.3. The van der Waals surface area contributed by atoms with Gasteiger partial charge in [-0.1, -0.05) is 135 Å². The highest BCUT2D eigenvalue weighted by Crippen LogP contribution is 2.53. The molecule has 2 aromatic heterocycles. The maximum atomic E-state index is 6.92. The molecule has 0 fully saturated rings. The second-order valence-electron chi connectivity index (χ2n) is 14.8. The molecule has 0 amide bonds. The summed E-state index contributed by atoms with van der Waals surface area (Å²) in [7, 11) is 0. The molecule has 5 heteroatoms. The van der Waals surface area contributed by atoms with Crippen molar-refractivity contribution < 1.29 is 4.42 Å². The van der Waals surface area contributed by atoms with E-state index in [1.165, 1.54) is 38.5 Å². The summed E-state index contributed by atoms with van der Waals surface area (Å²) in [6.45, 7) is 4.70. The van der Waals surface area contributed by atoms with Crippen LogP contribution in [0, 0.1) is 0 Å². The van der Waals surface area contributed by atoms with Crippen LogP contribution in [0.2, 0.25) is 0 Å². The van der Waals surface area contributed by atoms with Crippen LogP contribution in [0.1, 0.15) is 48.9 Å². The Balaban J connectivity index is 1.14. The molecule has 0 saturated carbocycles. The lowest BCUT2D eigenvalue weighted by Gasteiger charge is -2.25. The van der Waals surface area contributed by atoms with Gasteiger partial charge in [-0.25, -0.2) is 9.98 Å². The Morgan fingerprint density at radius 3 is 2.38 bits per heavy atom. The van der Waals surface area contributed by atoms with Gasteiger partial charge >= 0.3 is 0 Å². The van der Waals surface area contributed by atoms with Gasteiger partial charge in [0, 0.05) is 38.1 Å². The van der Waals surface area contributed by atoms with E-state index in [1.807, 2.05) is 18.2 Å². The molecule has 0 bridgehead atoms. The Hall–Kier alpha value is -6.46. The zero-order valence-corrected chi connectivity index (χ0v) is 29.6. The van der Waals surface area contributed by atoms with Crippen molar-refractivity contribution in [2.45, 2.75) is 38.3 Å². The second-order valence-corrected chi connectivity index (χ2v) is 14.8. The number of nitrogens with one attached hydrogen (secondary N) is 1. The fourth-order valence-corrected chi connectivity index (χ4v) is 9.03. The lowest BCUT2D eigenvalue weighted by atomic mass is 9.82. The van der Waals surface area contributed by atoms with Gasteiger partial charge in [0.05, 0.1) is 16.7 Å². The van der Waals surface area contributed by atoms with Crippen molar-refractivity contribution in [3.05, 3.63) is 173 Å². The van der Waals surface area contributed by atoms with E-state index in [1.54, 1.807) is 0 Å². The van der Waals surface area contributed by atoms with Crippen LogP contribution in [0.3, 0.4) is 0 Å². The summed E-state index contributed by atoms with van der Waals surface area (Å²) in [6, 6.07) is 45.4. The zero-order valence-electron chi connectivity index (χ0n) is 29.6. The summed E-state index contributed by atoms with van der Waals surface area (Å²) in [6.07, 6.45) is 8.52. The van der Waals surface area contributed by atoms with E-state index < -0.39 is 0 Å². The fourth-order valence-electron chi connectivity index (χ4n) is 9.03. The zero-order chi connectivity index (χ0) is 35.3. The summed E-state index contributed by atoms with van der Waals surface area (Å²) in [4.78, 5) is 10.3. The highest BCUT2D eigenvalue weighted by Gasteiger charge is 2.37. The molecule has 6 aromatic carbocycles. The van der Waals surface area contributed by atoms with Crippen molar-refractivity contribution >= 4 is 55.4 Å². The molecule has 0 saturated heterocycles. The molecular formula is C48H36N4O. The highest BCUT2D eigenvalue weighted by molar-refractivity contribution is 6.23. The monoisotopic (exact) mass is 684 g/mol. The van der Waals surface area contributed by atoms with Crippen molar-refractivity contribution in [1.29, 1.82) is 0 Å². The van der Waals surface area contributed by atoms with Crippen molar-refractivity contribution in [2.75, 3.05) is 0 Å². The van der Waals surface area contributed by atoms with Crippen LogP contribution in [-0.2, 0) is 5.41 Å². The number of amidine groups is 2. The van der Waals surface area contributed by atoms with Crippen LogP contribution in [0.5, 0.6) is 0 Å². The molecule has 5 nitrogen and oxygen atoms in total. The van der Waals surface area contributed by atoms with E-state index in [0.717, 1.165) is 74.4 Å². The normalized spacial score (nSPS) is 17.5. The standard InChI is InChI=1S/C48H36N4O/c1-48(2)35-23-11-9-19-31(35)42-36(48)27-28-38-43(42)32-20-10-12-24-37(32)52(38)39-25-13-21-33-41-34(22-14-26-40(41)53-44(33)39)47-50-45(29-15-5-3-6-16-29)49-46(51-47)30-17-7-4-8-18-30/h3,5-7,9-28,46H,4,8H2,1-2H3,(H,49,50,51). The number of hydrogen-bond donors (Lipinski definition) is 1. The molecule has 0 radical (unpaired) electrons. The van der Waals surface area contributed by atoms with Crippen LogP contribution >= 0.6 is 0 Å². The third-order valence-electron chi connectivity index (χ3n) is 11.5. The minimum Gasteiger partial charge on any atom is -0.454 e. The number of furan rings is 1. The molecule has 2 aliphatic carbocycles. The third kappa shape index (κ3) is 4.37. The third-order valence-corrected chi connectivity index (χ3v) is 11.5. The largest absolute Gasteiger partial charge is 0.454 e. The number of para-hydroxylation sites is 2. The fraction of sp³-hybridized carbons (Fsp3) is 0.125. The van der Waals surface area contributed by atoms with Gasteiger partial charge in [-0.15, -0.1) is 0 Å². The number of fused-ring (bicyclic) bond motifs is 10. The molecule has 1 aliphatic heterocycles. The summed E-state index contributed by atoms with van der Waals surface area (Å²) in [5, 5.41) is 8.33. The van der Waals surface area contributed by atoms with Crippen molar-refractivity contribution in [3.8, 4) is 16.8 Å². The molecule has 53 heavy (non-hydrogen) atoms. The van der Waals surface area contributed by atoms with Crippen LogP contribution in [0.25, 0.3) is 60.6 Å². The van der Waals surface area contributed by atoms with Gasteiger partial charge in [0.25, 0.3) is 0 Å². The molecule has 3 heterocycles. The van der Waals surface area contributed by atoms with Crippen LogP contribution in [-0.4, -0.2) is 22.4 Å². The lowest BCUT2D eigenvalue weighted by molar-refractivity contribution is 0.660. The Kier molecular flexibility index (Phi) is 6.42. The van der Waals surface area contributed by atoms with E-state index in [-0.39, 0.29) is 11.6 Å². The van der Waals surface area contributed by atoms with Gasteiger partial charge in [-0.2, -0.15) is 0 Å². The van der Waals surface area contributed by atoms with Gasteiger partial charge in [-0.05, 0) is 64.9 Å². The van der Waals surface area contributed by atoms with E-state index >= 15 is 0 Å². The molecule has 8 aromatic rings. The van der Waals surface area contributed by atoms with Crippen LogP contribution < -0.4 is 5.32 Å². The van der Waals surface area contributed by atoms with Gasteiger partial charge in [-0.3, -0.25) is 0 Å². The molecule has 11 rings (SSSR count). The molecule has 0 spiro atoms. The number of nitrogens with zero attached hydrogens (tertiary/aromatic N) is 3. The first-order valence-corrected chi connectivity index (χ1v) is 18.5. The maximum absolute atomic E-state index is 6.92. The number of rotatable bonds is 4. The first kappa shape index (κ1) is 30.2. The van der Waals surface area contributed by atoms with E-state index in [4.69, 9.17) is 14.4 Å². The predicted molar refractivity (Wildman–Crippen MR) is 219 cm³/mol.